The number of hydrogen-bond acceptors (Lipinski definition) is 6. The van der Waals surface area contributed by atoms with Crippen molar-refractivity contribution in [3.05, 3.63) is 72.0 Å². The molecule has 1 fully saturated rings. The molecule has 0 saturated heterocycles. The zero-order valence-corrected chi connectivity index (χ0v) is 22.1. The number of aryl methyl sites for hydroxylation is 2. The van der Waals surface area contributed by atoms with Gasteiger partial charge in [0.1, 0.15) is 17.0 Å². The molecule has 2 aliphatic rings. The van der Waals surface area contributed by atoms with Gasteiger partial charge in [-0.2, -0.15) is 4.98 Å². The molecule has 1 aliphatic heterocycles. The molecule has 202 valence electrons. The minimum absolute atomic E-state index is 0.0585. The Morgan fingerprint density at radius 2 is 1.74 bits per heavy atom. The Morgan fingerprint density at radius 3 is 2.41 bits per heavy atom. The first-order valence-electron chi connectivity index (χ1n) is 12.5. The summed E-state index contributed by atoms with van der Waals surface area (Å²) in [5.41, 5.74) is -0.0133. The number of benzene rings is 1. The van der Waals surface area contributed by atoms with Gasteiger partial charge in [0.25, 0.3) is 11.1 Å². The second-order valence-corrected chi connectivity index (χ2v) is 10.2. The first-order valence-corrected chi connectivity index (χ1v) is 12.5. The van der Waals surface area contributed by atoms with Crippen LogP contribution in [0.2, 0.25) is 0 Å². The predicted molar refractivity (Wildman–Crippen MR) is 144 cm³/mol. The van der Waals surface area contributed by atoms with Crippen LogP contribution in [-0.4, -0.2) is 41.2 Å². The number of amides is 2. The molecule has 1 aromatic carbocycles. The Morgan fingerprint density at radius 1 is 1.03 bits per heavy atom. The molecule has 4 aromatic rings. The lowest BCUT2D eigenvalue weighted by Crippen LogP contribution is -2.42. The van der Waals surface area contributed by atoms with Crippen LogP contribution in [0.4, 0.5) is 26.5 Å². The average molecular weight is 535 g/mol. The Kier molecular flexibility index (Phi) is 5.32. The van der Waals surface area contributed by atoms with Crippen LogP contribution < -0.4 is 27.4 Å². The van der Waals surface area contributed by atoms with Crippen molar-refractivity contribution < 1.29 is 9.18 Å². The second-order valence-electron chi connectivity index (χ2n) is 10.2. The van der Waals surface area contributed by atoms with Gasteiger partial charge >= 0.3 is 11.7 Å². The number of nitrogens with zero attached hydrogens (tertiary/aromatic N) is 6. The van der Waals surface area contributed by atoms with Crippen molar-refractivity contribution in [2.75, 3.05) is 17.7 Å². The SMILES string of the molecule is Cc1ccc(Nc2c3c(=O)n(C4CC4)c(=O)n(-c4nc5c(n4C)CN(C)C(=O)N5)c3c(C)c(=O)n2C)c(F)c1. The van der Waals surface area contributed by atoms with E-state index in [1.807, 2.05) is 0 Å². The normalized spacial score (nSPS) is 15.0. The van der Waals surface area contributed by atoms with Gasteiger partial charge < -0.3 is 14.8 Å². The van der Waals surface area contributed by atoms with Gasteiger partial charge in [0.05, 0.1) is 23.4 Å². The van der Waals surface area contributed by atoms with E-state index in [2.05, 4.69) is 15.6 Å². The maximum atomic E-state index is 14.9. The maximum absolute atomic E-state index is 14.9. The van der Waals surface area contributed by atoms with Gasteiger partial charge in [-0.3, -0.25) is 24.0 Å². The molecule has 3 aromatic heterocycles. The summed E-state index contributed by atoms with van der Waals surface area (Å²) in [5.74, 6) is -0.0580. The van der Waals surface area contributed by atoms with E-state index in [9.17, 15) is 23.6 Å². The van der Waals surface area contributed by atoms with E-state index in [-0.39, 0.29) is 52.5 Å². The number of nitrogens with one attached hydrogen (secondary N) is 2. The summed E-state index contributed by atoms with van der Waals surface area (Å²) in [6.07, 6.45) is 1.30. The van der Waals surface area contributed by atoms with Gasteiger partial charge in [0, 0.05) is 32.7 Å². The molecule has 39 heavy (non-hydrogen) atoms. The van der Waals surface area contributed by atoms with Gasteiger partial charge in [-0.1, -0.05) is 6.07 Å². The number of urea groups is 1. The summed E-state index contributed by atoms with van der Waals surface area (Å²) in [5, 5.41) is 5.72. The Balaban J connectivity index is 1.73. The molecular weight excluding hydrogens is 507 g/mol. The van der Waals surface area contributed by atoms with Crippen LogP contribution in [0.1, 0.15) is 35.7 Å². The summed E-state index contributed by atoms with van der Waals surface area (Å²) in [4.78, 5) is 59.7. The standard InChI is InChI=1S/C26H27FN8O4/c1-12-6-9-16(15(27)10-12)28-21-18-19(13(2)22(36)33(21)5)35(26(39)34(23(18)37)14-7-8-14)24-29-20-17(32(24)4)11-31(3)25(38)30-20/h6,9-10,14,28H,7-8,11H2,1-5H3,(H,30,38). The highest BCUT2D eigenvalue weighted by molar-refractivity contribution is 5.94. The van der Waals surface area contributed by atoms with E-state index >= 15 is 0 Å². The van der Waals surface area contributed by atoms with E-state index < -0.39 is 22.6 Å². The molecule has 0 radical (unpaired) electrons. The molecule has 13 heteroatoms. The molecule has 6 rings (SSSR count). The first-order chi connectivity index (χ1) is 18.5. The smallest absolute Gasteiger partial charge is 0.338 e. The summed E-state index contributed by atoms with van der Waals surface area (Å²) < 4.78 is 20.2. The van der Waals surface area contributed by atoms with Gasteiger partial charge in [-0.05, 0) is 44.4 Å². The van der Waals surface area contributed by atoms with Crippen molar-refractivity contribution >= 4 is 34.3 Å². The number of carbonyl (C=O) groups is 1. The van der Waals surface area contributed by atoms with Crippen LogP contribution in [0.3, 0.4) is 0 Å². The van der Waals surface area contributed by atoms with Crippen molar-refractivity contribution in [2.24, 2.45) is 14.1 Å². The Labute approximate surface area is 220 Å². The van der Waals surface area contributed by atoms with Gasteiger partial charge in [-0.25, -0.2) is 18.5 Å². The Hall–Kier alpha value is -4.68. The fraction of sp³-hybridized carbons (Fsp3) is 0.346. The zero-order valence-electron chi connectivity index (χ0n) is 22.1. The molecule has 4 heterocycles. The molecule has 0 atom stereocenters. The van der Waals surface area contributed by atoms with Crippen LogP contribution in [0.15, 0.2) is 32.6 Å². The van der Waals surface area contributed by atoms with Gasteiger partial charge in [-0.15, -0.1) is 0 Å². The number of hydrogen-bond donors (Lipinski definition) is 2. The summed E-state index contributed by atoms with van der Waals surface area (Å²) >= 11 is 0. The van der Waals surface area contributed by atoms with Gasteiger partial charge in [0.2, 0.25) is 5.95 Å². The third kappa shape index (κ3) is 3.60. The monoisotopic (exact) mass is 534 g/mol. The van der Waals surface area contributed by atoms with E-state index in [4.69, 9.17) is 0 Å². The van der Waals surface area contributed by atoms with E-state index in [0.717, 1.165) is 0 Å². The van der Waals surface area contributed by atoms with Crippen LogP contribution >= 0.6 is 0 Å². The lowest BCUT2D eigenvalue weighted by Gasteiger charge is -2.23. The molecule has 1 aliphatic carbocycles. The summed E-state index contributed by atoms with van der Waals surface area (Å²) in [6.45, 7) is 3.54. The number of fused-ring (bicyclic) bond motifs is 2. The summed E-state index contributed by atoms with van der Waals surface area (Å²) in [6, 6.07) is 3.94. The van der Waals surface area contributed by atoms with Crippen molar-refractivity contribution in [3.63, 3.8) is 0 Å². The van der Waals surface area contributed by atoms with Crippen molar-refractivity contribution in [3.8, 4) is 5.95 Å². The van der Waals surface area contributed by atoms with Crippen molar-refractivity contribution in [1.82, 2.24) is 28.2 Å². The molecule has 2 amide bonds. The molecule has 1 saturated carbocycles. The highest BCUT2D eigenvalue weighted by Gasteiger charge is 2.34. The molecular formula is C26H27FN8O4. The lowest BCUT2D eigenvalue weighted by molar-refractivity contribution is 0.217. The van der Waals surface area contributed by atoms with E-state index in [1.54, 1.807) is 31.7 Å². The van der Waals surface area contributed by atoms with Crippen LogP contribution in [0.25, 0.3) is 16.9 Å². The summed E-state index contributed by atoms with van der Waals surface area (Å²) in [7, 11) is 4.83. The maximum Gasteiger partial charge on any atom is 0.338 e. The highest BCUT2D eigenvalue weighted by atomic mass is 19.1. The molecule has 0 unspecified atom stereocenters. The fourth-order valence-electron chi connectivity index (χ4n) is 5.14. The minimum atomic E-state index is -0.635. The minimum Gasteiger partial charge on any atom is -0.338 e. The quantitative estimate of drug-likeness (QED) is 0.414. The molecule has 0 spiro atoms. The third-order valence-electron chi connectivity index (χ3n) is 7.48. The van der Waals surface area contributed by atoms with Crippen LogP contribution in [0, 0.1) is 19.7 Å². The predicted octanol–water partition coefficient (Wildman–Crippen LogP) is 2.40. The fourth-order valence-corrected chi connectivity index (χ4v) is 5.14. The lowest BCUT2D eigenvalue weighted by atomic mass is 10.1. The number of imidazole rings is 1. The average Bonchev–Trinajstić information content (AvgIpc) is 3.67. The number of aromatic nitrogens is 5. The van der Waals surface area contributed by atoms with Crippen LogP contribution in [-0.2, 0) is 20.6 Å². The topological polar surface area (TPSA) is 128 Å². The Bertz CT molecular complexity index is 1910. The van der Waals surface area contributed by atoms with Crippen LogP contribution in [0.5, 0.6) is 0 Å². The van der Waals surface area contributed by atoms with E-state index in [0.29, 0.717) is 29.9 Å². The van der Waals surface area contributed by atoms with Crippen molar-refractivity contribution in [2.45, 2.75) is 39.3 Å². The highest BCUT2D eigenvalue weighted by Crippen LogP contribution is 2.34. The largest absolute Gasteiger partial charge is 0.338 e. The van der Waals surface area contributed by atoms with Crippen molar-refractivity contribution in [1.29, 1.82) is 0 Å². The third-order valence-corrected chi connectivity index (χ3v) is 7.48. The molecule has 0 bridgehead atoms. The van der Waals surface area contributed by atoms with Gasteiger partial charge in [0.15, 0.2) is 5.82 Å². The number of anilines is 3. The number of halogens is 1. The first kappa shape index (κ1) is 24.6. The number of rotatable bonds is 4. The number of carbonyl (C=O) groups excluding carboxylic acids is 1. The number of pyridine rings is 1. The zero-order chi connectivity index (χ0) is 27.9. The molecule has 12 nitrogen and oxygen atoms in total. The van der Waals surface area contributed by atoms with E-state index in [1.165, 1.54) is 44.7 Å². The second kappa shape index (κ2) is 8.41. The molecule has 2 N–H and O–H groups in total.